The number of carbonyl (C=O) groups is 2. The predicted octanol–water partition coefficient (Wildman–Crippen LogP) is 3.17. The van der Waals surface area contributed by atoms with Gasteiger partial charge in [0.05, 0.1) is 17.5 Å². The molecule has 1 amide bonds. The Morgan fingerprint density at radius 2 is 1.90 bits per heavy atom. The van der Waals surface area contributed by atoms with E-state index in [2.05, 4.69) is 15.3 Å². The van der Waals surface area contributed by atoms with Gasteiger partial charge in [-0.2, -0.15) is 0 Å². The Morgan fingerprint density at radius 3 is 2.58 bits per heavy atom. The van der Waals surface area contributed by atoms with Crippen LogP contribution in [-0.4, -0.2) is 35.0 Å². The quantitative estimate of drug-likeness (QED) is 0.571. The Kier molecular flexibility index (Phi) is 5.84. The van der Waals surface area contributed by atoms with Gasteiger partial charge in [-0.1, -0.05) is 42.8 Å². The molecule has 7 nitrogen and oxygen atoms in total. The molecule has 0 bridgehead atoms. The molecule has 1 fully saturated rings. The second-order valence-electron chi connectivity index (χ2n) is 7.81. The summed E-state index contributed by atoms with van der Waals surface area (Å²) in [5, 5.41) is 3.50. The molecule has 0 radical (unpaired) electrons. The summed E-state index contributed by atoms with van der Waals surface area (Å²) in [6.45, 7) is 2.61. The van der Waals surface area contributed by atoms with Crippen LogP contribution in [0.4, 0.5) is 5.95 Å². The van der Waals surface area contributed by atoms with Gasteiger partial charge in [-0.3, -0.25) is 9.59 Å². The van der Waals surface area contributed by atoms with Crippen LogP contribution in [0.25, 0.3) is 10.9 Å². The molecule has 1 heterocycles. The highest BCUT2D eigenvalue weighted by molar-refractivity contribution is 6.05. The molecule has 3 aromatic rings. The average molecular weight is 418 g/mol. The highest BCUT2D eigenvalue weighted by atomic mass is 16.5. The Hall–Kier alpha value is -3.48. The van der Waals surface area contributed by atoms with Crippen molar-refractivity contribution in [3.63, 3.8) is 0 Å². The Labute approximate surface area is 181 Å². The lowest BCUT2D eigenvalue weighted by Gasteiger charge is -2.39. The van der Waals surface area contributed by atoms with Crippen molar-refractivity contribution in [1.82, 2.24) is 15.3 Å². The molecule has 1 saturated carbocycles. The molecule has 0 spiro atoms. The molecule has 2 aromatic carbocycles. The summed E-state index contributed by atoms with van der Waals surface area (Å²) in [6.07, 6.45) is 3.13. The maximum absolute atomic E-state index is 12.9. The monoisotopic (exact) mass is 418 g/mol. The topological polar surface area (TPSA) is 107 Å². The molecule has 1 aromatic heterocycles. The van der Waals surface area contributed by atoms with Crippen molar-refractivity contribution in [3.8, 4) is 0 Å². The van der Waals surface area contributed by atoms with Crippen molar-refractivity contribution in [3.05, 3.63) is 65.4 Å². The molecular formula is C24H26N4O3. The van der Waals surface area contributed by atoms with E-state index in [0.717, 1.165) is 30.4 Å². The van der Waals surface area contributed by atoms with Gasteiger partial charge in [0.15, 0.2) is 0 Å². The van der Waals surface area contributed by atoms with Gasteiger partial charge >= 0.3 is 5.97 Å². The number of nitrogens with two attached hydrogens (primary N) is 1. The van der Waals surface area contributed by atoms with Crippen LogP contribution >= 0.6 is 0 Å². The highest BCUT2D eigenvalue weighted by Gasteiger charge is 2.47. The van der Waals surface area contributed by atoms with Crippen LogP contribution in [0.15, 0.2) is 48.5 Å². The van der Waals surface area contributed by atoms with Crippen LogP contribution < -0.4 is 11.1 Å². The maximum Gasteiger partial charge on any atom is 0.316 e. The van der Waals surface area contributed by atoms with E-state index in [-0.39, 0.29) is 23.5 Å². The highest BCUT2D eigenvalue weighted by Crippen LogP contribution is 2.45. The molecule has 1 aliphatic carbocycles. The fourth-order valence-corrected chi connectivity index (χ4v) is 4.08. The number of anilines is 1. The van der Waals surface area contributed by atoms with Crippen molar-refractivity contribution in [1.29, 1.82) is 0 Å². The summed E-state index contributed by atoms with van der Waals surface area (Å²) < 4.78 is 5.34. The van der Waals surface area contributed by atoms with E-state index in [1.807, 2.05) is 42.5 Å². The van der Waals surface area contributed by atoms with Crippen molar-refractivity contribution >= 4 is 28.7 Å². The van der Waals surface area contributed by atoms with Gasteiger partial charge < -0.3 is 15.8 Å². The van der Waals surface area contributed by atoms with Crippen molar-refractivity contribution in [2.75, 3.05) is 18.9 Å². The van der Waals surface area contributed by atoms with Gasteiger partial charge in [0.1, 0.15) is 5.69 Å². The fraction of sp³-hybridized carbons (Fsp3) is 0.333. The Balaban J connectivity index is 1.62. The third-order valence-electron chi connectivity index (χ3n) is 5.90. The minimum atomic E-state index is -0.660. The van der Waals surface area contributed by atoms with E-state index < -0.39 is 5.41 Å². The fourth-order valence-electron chi connectivity index (χ4n) is 4.08. The second kappa shape index (κ2) is 8.71. The summed E-state index contributed by atoms with van der Waals surface area (Å²) >= 11 is 0. The summed E-state index contributed by atoms with van der Waals surface area (Å²) in [4.78, 5) is 34.1. The number of carbonyl (C=O) groups excluding carboxylic acids is 2. The zero-order valence-corrected chi connectivity index (χ0v) is 17.6. The number of hydrogen-bond donors (Lipinski definition) is 2. The van der Waals surface area contributed by atoms with E-state index >= 15 is 0 Å². The number of nitrogen functional groups attached to an aromatic ring is 1. The number of nitrogens with zero attached hydrogens (tertiary/aromatic N) is 2. The first-order valence-corrected chi connectivity index (χ1v) is 10.6. The zero-order chi connectivity index (χ0) is 21.8. The molecule has 0 unspecified atom stereocenters. The van der Waals surface area contributed by atoms with Crippen LogP contribution in [0.3, 0.4) is 0 Å². The minimum Gasteiger partial charge on any atom is -0.465 e. The molecule has 3 N–H and O–H groups in total. The van der Waals surface area contributed by atoms with Crippen LogP contribution in [0.5, 0.6) is 0 Å². The summed E-state index contributed by atoms with van der Waals surface area (Å²) in [5.74, 6) is -0.492. The molecule has 31 heavy (non-hydrogen) atoms. The first-order chi connectivity index (χ1) is 15.0. The Bertz CT molecular complexity index is 1110. The number of amides is 1. The predicted molar refractivity (Wildman–Crippen MR) is 119 cm³/mol. The van der Waals surface area contributed by atoms with E-state index in [0.29, 0.717) is 30.5 Å². The second-order valence-corrected chi connectivity index (χ2v) is 7.81. The van der Waals surface area contributed by atoms with Crippen molar-refractivity contribution in [2.45, 2.75) is 38.0 Å². The van der Waals surface area contributed by atoms with E-state index in [9.17, 15) is 9.59 Å². The molecule has 0 aliphatic heterocycles. The van der Waals surface area contributed by atoms with Crippen molar-refractivity contribution in [2.24, 2.45) is 0 Å². The van der Waals surface area contributed by atoms with E-state index in [1.54, 1.807) is 13.0 Å². The largest absolute Gasteiger partial charge is 0.465 e. The summed E-state index contributed by atoms with van der Waals surface area (Å²) in [5.41, 5.74) is 7.95. The lowest BCUT2D eigenvalue weighted by atomic mass is 9.64. The standard InChI is InChI=1S/C24H26N4O3/c1-2-31-22(30)24(12-6-13-24)17-9-10-19-18(15-17)20(28-23(25)27-19)21(29)26-14-11-16-7-4-3-5-8-16/h3-5,7-10,15H,2,6,11-14H2,1H3,(H,26,29)(H2,25,27,28). The van der Waals surface area contributed by atoms with Gasteiger partial charge in [0.2, 0.25) is 5.95 Å². The third kappa shape index (κ3) is 4.08. The van der Waals surface area contributed by atoms with Crippen LogP contribution in [0.2, 0.25) is 0 Å². The van der Waals surface area contributed by atoms with Crippen molar-refractivity contribution < 1.29 is 14.3 Å². The van der Waals surface area contributed by atoms with Gasteiger partial charge in [-0.05, 0) is 49.4 Å². The molecule has 0 saturated heterocycles. The van der Waals surface area contributed by atoms with Gasteiger partial charge in [-0.25, -0.2) is 9.97 Å². The molecule has 0 atom stereocenters. The molecular weight excluding hydrogens is 392 g/mol. The minimum absolute atomic E-state index is 0.0391. The first-order valence-electron chi connectivity index (χ1n) is 10.6. The molecule has 1 aliphatic rings. The smallest absolute Gasteiger partial charge is 0.316 e. The van der Waals surface area contributed by atoms with Crippen LogP contribution in [0.1, 0.15) is 47.8 Å². The van der Waals surface area contributed by atoms with E-state index in [4.69, 9.17) is 10.5 Å². The van der Waals surface area contributed by atoms with Gasteiger partial charge in [-0.15, -0.1) is 0 Å². The van der Waals surface area contributed by atoms with Gasteiger partial charge in [0, 0.05) is 11.9 Å². The maximum atomic E-state index is 12.9. The molecule has 7 heteroatoms. The molecule has 160 valence electrons. The number of nitrogens with one attached hydrogen (secondary N) is 1. The number of benzene rings is 2. The third-order valence-corrected chi connectivity index (χ3v) is 5.90. The average Bonchev–Trinajstić information content (AvgIpc) is 2.73. The number of esters is 1. The first kappa shape index (κ1) is 20.8. The number of fused-ring (bicyclic) bond motifs is 1. The van der Waals surface area contributed by atoms with Crippen LogP contribution in [0, 0.1) is 0 Å². The number of hydrogen-bond acceptors (Lipinski definition) is 6. The lowest BCUT2D eigenvalue weighted by molar-refractivity contribution is -0.153. The normalized spacial score (nSPS) is 14.6. The Morgan fingerprint density at radius 1 is 1.13 bits per heavy atom. The summed E-state index contributed by atoms with van der Waals surface area (Å²) in [6, 6.07) is 15.4. The lowest BCUT2D eigenvalue weighted by Crippen LogP contribution is -2.43. The number of rotatable bonds is 7. The molecule has 4 rings (SSSR count). The SMILES string of the molecule is CCOC(=O)C1(c2ccc3nc(N)nc(C(=O)NCCc4ccccc4)c3c2)CCC1. The number of ether oxygens (including phenoxy) is 1. The van der Waals surface area contributed by atoms with E-state index in [1.165, 1.54) is 0 Å². The summed E-state index contributed by atoms with van der Waals surface area (Å²) in [7, 11) is 0. The zero-order valence-electron chi connectivity index (χ0n) is 17.6. The van der Waals surface area contributed by atoms with Crippen LogP contribution in [-0.2, 0) is 21.4 Å². The number of aromatic nitrogens is 2. The van der Waals surface area contributed by atoms with Gasteiger partial charge in [0.25, 0.3) is 5.91 Å².